The Balaban J connectivity index is 2.18. The van der Waals surface area contributed by atoms with Gasteiger partial charge < -0.3 is 14.8 Å². The normalized spacial score (nSPS) is 11.0. The van der Waals surface area contributed by atoms with Gasteiger partial charge in [0.2, 0.25) is 5.91 Å². The summed E-state index contributed by atoms with van der Waals surface area (Å²) in [5.74, 6) is 1.20. The molecule has 0 bridgehead atoms. The Kier molecular flexibility index (Phi) is 6.04. The van der Waals surface area contributed by atoms with Crippen LogP contribution >= 0.6 is 22.6 Å². The second kappa shape index (κ2) is 8.01. The Morgan fingerprint density at radius 2 is 1.78 bits per heavy atom. The molecular weight excluding hydrogens is 405 g/mol. The van der Waals surface area contributed by atoms with E-state index in [9.17, 15) is 4.79 Å². The number of methoxy groups -OCH3 is 2. The van der Waals surface area contributed by atoms with Gasteiger partial charge in [-0.2, -0.15) is 0 Å². The molecule has 120 valence electrons. The zero-order valence-corrected chi connectivity index (χ0v) is 15.4. The Hall–Kier alpha value is -2.02. The van der Waals surface area contributed by atoms with Crippen molar-refractivity contribution in [1.29, 1.82) is 0 Å². The van der Waals surface area contributed by atoms with Crippen LogP contribution in [-0.4, -0.2) is 20.1 Å². The summed E-state index contributed by atoms with van der Waals surface area (Å²) in [5.41, 5.74) is 2.43. The fourth-order valence-corrected chi connectivity index (χ4v) is 2.47. The predicted octanol–water partition coefficient (Wildman–Crippen LogP) is 4.35. The van der Waals surface area contributed by atoms with E-state index in [4.69, 9.17) is 9.47 Å². The summed E-state index contributed by atoms with van der Waals surface area (Å²) in [7, 11) is 3.20. The second-order valence-electron chi connectivity index (χ2n) is 4.89. The quantitative estimate of drug-likeness (QED) is 0.575. The molecule has 0 heterocycles. The van der Waals surface area contributed by atoms with Crippen LogP contribution in [0.3, 0.4) is 0 Å². The van der Waals surface area contributed by atoms with Crippen LogP contribution in [0.15, 0.2) is 48.5 Å². The lowest BCUT2D eigenvalue weighted by atomic mass is 10.1. The highest BCUT2D eigenvalue weighted by Crippen LogP contribution is 2.29. The molecule has 0 unspecified atom stereocenters. The first-order valence-electron chi connectivity index (χ1n) is 7.00. The number of benzene rings is 2. The summed E-state index contributed by atoms with van der Waals surface area (Å²) in [4.78, 5) is 12.1. The summed E-state index contributed by atoms with van der Waals surface area (Å²) in [6, 6.07) is 13.1. The monoisotopic (exact) mass is 423 g/mol. The molecule has 23 heavy (non-hydrogen) atoms. The van der Waals surface area contributed by atoms with Crippen LogP contribution in [0.5, 0.6) is 11.5 Å². The number of halogens is 1. The van der Waals surface area contributed by atoms with Gasteiger partial charge in [0.15, 0.2) is 0 Å². The van der Waals surface area contributed by atoms with Crippen molar-refractivity contribution in [3.8, 4) is 11.5 Å². The van der Waals surface area contributed by atoms with Crippen molar-refractivity contribution in [3.05, 3.63) is 57.7 Å². The molecule has 0 aliphatic rings. The van der Waals surface area contributed by atoms with E-state index in [0.29, 0.717) is 11.5 Å². The SMILES string of the molecule is COc1ccc(/C(C)=C/C(=O)Nc2ccc(I)cc2)c(OC)c1. The lowest BCUT2D eigenvalue weighted by Crippen LogP contribution is -2.08. The van der Waals surface area contributed by atoms with Crippen molar-refractivity contribution in [2.45, 2.75) is 6.92 Å². The number of hydrogen-bond donors (Lipinski definition) is 1. The van der Waals surface area contributed by atoms with Gasteiger partial charge in [0.25, 0.3) is 0 Å². The average molecular weight is 423 g/mol. The fraction of sp³-hybridized carbons (Fsp3) is 0.167. The van der Waals surface area contributed by atoms with Crippen LogP contribution in [0.4, 0.5) is 5.69 Å². The van der Waals surface area contributed by atoms with Crippen LogP contribution in [0.2, 0.25) is 0 Å². The molecule has 0 aromatic heterocycles. The van der Waals surface area contributed by atoms with E-state index in [2.05, 4.69) is 27.9 Å². The van der Waals surface area contributed by atoms with E-state index in [1.165, 1.54) is 0 Å². The minimum absolute atomic E-state index is 0.179. The van der Waals surface area contributed by atoms with Crippen molar-refractivity contribution in [1.82, 2.24) is 0 Å². The highest BCUT2D eigenvalue weighted by molar-refractivity contribution is 14.1. The van der Waals surface area contributed by atoms with Gasteiger partial charge in [-0.1, -0.05) is 0 Å². The molecule has 1 N–H and O–H groups in total. The number of carbonyl (C=O) groups excluding carboxylic acids is 1. The Morgan fingerprint density at radius 3 is 2.39 bits per heavy atom. The molecule has 2 aromatic carbocycles. The summed E-state index contributed by atoms with van der Waals surface area (Å²) in [5, 5.41) is 2.85. The fourth-order valence-electron chi connectivity index (χ4n) is 2.11. The molecule has 1 amide bonds. The highest BCUT2D eigenvalue weighted by atomic mass is 127. The highest BCUT2D eigenvalue weighted by Gasteiger charge is 2.08. The third kappa shape index (κ3) is 4.72. The standard InChI is InChI=1S/C18H18INO3/c1-12(16-9-8-15(22-2)11-17(16)23-3)10-18(21)20-14-6-4-13(19)5-7-14/h4-11H,1-3H3,(H,20,21)/b12-10+. The smallest absolute Gasteiger partial charge is 0.248 e. The number of hydrogen-bond acceptors (Lipinski definition) is 3. The van der Waals surface area contributed by atoms with E-state index in [1.54, 1.807) is 26.4 Å². The lowest BCUT2D eigenvalue weighted by Gasteiger charge is -2.11. The van der Waals surface area contributed by atoms with Crippen molar-refractivity contribution < 1.29 is 14.3 Å². The van der Waals surface area contributed by atoms with E-state index < -0.39 is 0 Å². The molecule has 0 fully saturated rings. The molecule has 0 aliphatic heterocycles. The molecule has 0 radical (unpaired) electrons. The maximum atomic E-state index is 12.1. The largest absolute Gasteiger partial charge is 0.497 e. The average Bonchev–Trinajstić information content (AvgIpc) is 2.56. The van der Waals surface area contributed by atoms with E-state index in [-0.39, 0.29) is 5.91 Å². The maximum Gasteiger partial charge on any atom is 0.248 e. The Labute approximate surface area is 149 Å². The van der Waals surface area contributed by atoms with Crippen molar-refractivity contribution >= 4 is 39.8 Å². The van der Waals surface area contributed by atoms with Gasteiger partial charge in [-0.05, 0) is 71.5 Å². The molecule has 0 spiro atoms. The molecule has 2 rings (SSSR count). The number of anilines is 1. The molecule has 0 atom stereocenters. The molecule has 0 aliphatic carbocycles. The number of rotatable bonds is 5. The van der Waals surface area contributed by atoms with Gasteiger partial charge in [-0.3, -0.25) is 4.79 Å². The molecular formula is C18H18INO3. The van der Waals surface area contributed by atoms with Crippen LogP contribution in [0.25, 0.3) is 5.57 Å². The van der Waals surface area contributed by atoms with Gasteiger partial charge in [0.1, 0.15) is 11.5 Å². The van der Waals surface area contributed by atoms with E-state index in [1.807, 2.05) is 43.3 Å². The zero-order valence-electron chi connectivity index (χ0n) is 13.2. The summed E-state index contributed by atoms with van der Waals surface area (Å²) in [6.07, 6.45) is 1.56. The lowest BCUT2D eigenvalue weighted by molar-refractivity contribution is -0.111. The number of amides is 1. The summed E-state index contributed by atoms with van der Waals surface area (Å²) >= 11 is 2.22. The maximum absolute atomic E-state index is 12.1. The minimum Gasteiger partial charge on any atom is -0.497 e. The molecule has 0 saturated heterocycles. The number of ether oxygens (including phenoxy) is 2. The van der Waals surface area contributed by atoms with Crippen molar-refractivity contribution in [2.24, 2.45) is 0 Å². The Morgan fingerprint density at radius 1 is 1.09 bits per heavy atom. The van der Waals surface area contributed by atoms with E-state index >= 15 is 0 Å². The zero-order chi connectivity index (χ0) is 16.8. The van der Waals surface area contributed by atoms with Crippen LogP contribution in [0.1, 0.15) is 12.5 Å². The summed E-state index contributed by atoms with van der Waals surface area (Å²) in [6.45, 7) is 1.87. The molecule has 0 saturated carbocycles. The second-order valence-corrected chi connectivity index (χ2v) is 6.14. The number of carbonyl (C=O) groups is 1. The molecule has 4 nitrogen and oxygen atoms in total. The third-order valence-electron chi connectivity index (χ3n) is 3.29. The van der Waals surface area contributed by atoms with Crippen molar-refractivity contribution in [2.75, 3.05) is 19.5 Å². The van der Waals surface area contributed by atoms with Gasteiger partial charge in [0, 0.05) is 27.0 Å². The first-order valence-corrected chi connectivity index (χ1v) is 8.08. The van der Waals surface area contributed by atoms with E-state index in [0.717, 1.165) is 20.4 Å². The number of allylic oxidation sites excluding steroid dienone is 1. The molecule has 2 aromatic rings. The molecule has 5 heteroatoms. The van der Waals surface area contributed by atoms with Gasteiger partial charge in [0.05, 0.1) is 14.2 Å². The predicted molar refractivity (Wildman–Crippen MR) is 101 cm³/mol. The van der Waals surface area contributed by atoms with Gasteiger partial charge >= 0.3 is 0 Å². The number of nitrogens with one attached hydrogen (secondary N) is 1. The summed E-state index contributed by atoms with van der Waals surface area (Å²) < 4.78 is 11.7. The first-order chi connectivity index (χ1) is 11.0. The van der Waals surface area contributed by atoms with Gasteiger partial charge in [-0.15, -0.1) is 0 Å². The topological polar surface area (TPSA) is 47.6 Å². The van der Waals surface area contributed by atoms with Crippen LogP contribution in [-0.2, 0) is 4.79 Å². The Bertz CT molecular complexity index is 724. The van der Waals surface area contributed by atoms with Gasteiger partial charge in [-0.25, -0.2) is 0 Å². The van der Waals surface area contributed by atoms with Crippen LogP contribution in [0, 0.1) is 3.57 Å². The first kappa shape index (κ1) is 17.3. The third-order valence-corrected chi connectivity index (χ3v) is 4.01. The van der Waals surface area contributed by atoms with Crippen molar-refractivity contribution in [3.63, 3.8) is 0 Å². The van der Waals surface area contributed by atoms with Crippen LogP contribution < -0.4 is 14.8 Å². The minimum atomic E-state index is -0.179.